The fourth-order valence-corrected chi connectivity index (χ4v) is 7.25. The third kappa shape index (κ3) is 29.5. The van der Waals surface area contributed by atoms with E-state index in [1.165, 1.54) is 38.5 Å². The number of esters is 2. The molecule has 1 rings (SSSR count). The second-order valence-corrected chi connectivity index (χ2v) is 16.9. The lowest BCUT2D eigenvalue weighted by atomic mass is 9.90. The number of aliphatic hydroxyl groups is 4. The molecule has 0 aromatic heterocycles. The average molecular weight is 869 g/mol. The Hall–Kier alpha value is -2.74. The van der Waals surface area contributed by atoms with Gasteiger partial charge in [-0.2, -0.15) is 0 Å². The van der Waals surface area contributed by atoms with Gasteiger partial charge in [-0.3, -0.25) is 23.4 Å². The van der Waals surface area contributed by atoms with Gasteiger partial charge in [-0.1, -0.05) is 126 Å². The molecular formula is C46H77O13P. The molecule has 7 atom stereocenters. The number of ketones is 1. The first-order chi connectivity index (χ1) is 28.9. The first-order valence-corrected chi connectivity index (χ1v) is 23.8. The summed E-state index contributed by atoms with van der Waals surface area (Å²) in [7, 11) is -4.71. The van der Waals surface area contributed by atoms with Crippen molar-refractivity contribution in [3.63, 3.8) is 0 Å². The van der Waals surface area contributed by atoms with E-state index in [-0.39, 0.29) is 31.0 Å². The van der Waals surface area contributed by atoms with Gasteiger partial charge in [0.1, 0.15) is 18.5 Å². The second kappa shape index (κ2) is 35.8. The summed E-state index contributed by atoms with van der Waals surface area (Å²) in [5, 5.41) is 39.1. The van der Waals surface area contributed by atoms with Crippen molar-refractivity contribution in [2.24, 2.45) is 11.8 Å². The van der Waals surface area contributed by atoms with Gasteiger partial charge >= 0.3 is 19.8 Å². The molecule has 0 aromatic carbocycles. The number of phosphoric acid groups is 1. The molecule has 0 radical (unpaired) electrons. The smallest absolute Gasteiger partial charge is 0.462 e. The lowest BCUT2D eigenvalue weighted by Gasteiger charge is -2.20. The van der Waals surface area contributed by atoms with Crippen LogP contribution in [-0.4, -0.2) is 93.9 Å². The summed E-state index contributed by atoms with van der Waals surface area (Å²) in [4.78, 5) is 47.7. The Labute approximate surface area is 359 Å². The maximum absolute atomic E-state index is 12.7. The second-order valence-electron chi connectivity index (χ2n) is 15.5. The van der Waals surface area contributed by atoms with Crippen LogP contribution in [0.4, 0.5) is 0 Å². The van der Waals surface area contributed by atoms with Crippen molar-refractivity contribution in [1.82, 2.24) is 0 Å². The summed E-state index contributed by atoms with van der Waals surface area (Å²) < 4.78 is 32.6. The molecule has 1 aliphatic carbocycles. The summed E-state index contributed by atoms with van der Waals surface area (Å²) in [6.45, 7) is 1.89. The molecule has 0 amide bonds. The Bertz CT molecular complexity index is 1340. The fraction of sp³-hybridized carbons (Fsp3) is 0.717. The molecule has 1 fully saturated rings. The minimum atomic E-state index is -4.71. The third-order valence-electron chi connectivity index (χ3n) is 10.0. The molecule has 0 aromatic rings. The van der Waals surface area contributed by atoms with E-state index < -0.39 is 76.5 Å². The molecule has 0 spiro atoms. The van der Waals surface area contributed by atoms with Crippen LogP contribution in [0.3, 0.4) is 0 Å². The van der Waals surface area contributed by atoms with Crippen molar-refractivity contribution in [3.05, 3.63) is 60.8 Å². The van der Waals surface area contributed by atoms with Gasteiger partial charge in [-0.15, -0.1) is 0 Å². The number of rotatable bonds is 37. The molecule has 0 saturated heterocycles. The lowest BCUT2D eigenvalue weighted by Crippen LogP contribution is -2.29. The zero-order valence-corrected chi connectivity index (χ0v) is 37.3. The van der Waals surface area contributed by atoms with Crippen LogP contribution in [0, 0.1) is 11.8 Å². The molecule has 1 aliphatic rings. The number of aliphatic hydroxyl groups excluding tert-OH is 4. The maximum Gasteiger partial charge on any atom is 0.472 e. The monoisotopic (exact) mass is 869 g/mol. The number of hydrogen-bond acceptors (Lipinski definition) is 12. The number of carbonyl (C=O) groups excluding carboxylic acids is 3. The van der Waals surface area contributed by atoms with E-state index in [9.17, 15) is 39.2 Å². The van der Waals surface area contributed by atoms with Gasteiger partial charge in [-0.05, 0) is 64.2 Å². The Morgan fingerprint density at radius 3 is 1.98 bits per heavy atom. The number of allylic oxidation sites excluding steroid dienone is 8. The van der Waals surface area contributed by atoms with Gasteiger partial charge in [0.05, 0.1) is 32.0 Å². The summed E-state index contributed by atoms with van der Waals surface area (Å²) in [6, 6.07) is 0. The Kier molecular flexibility index (Phi) is 33.0. The SMILES string of the molecule is CCCCCCCC/C=C\C/C=C\C/C=C\CCCC(=O)OC[C@H](COP(=O)(O)OC[C@@H](O)CO)OC(=O)CCC/C=C\C[C@H]1C(=O)C[C@@H](O)[C@@H]1/C=C/[C@@H](O)CCCCC. The topological polar surface area (TPSA) is 206 Å². The number of Topliss-reactive ketones (excluding diaryl/α,β-unsaturated/α-hetero) is 1. The Morgan fingerprint density at radius 2 is 1.32 bits per heavy atom. The molecule has 0 aliphatic heterocycles. The molecular weight excluding hydrogens is 791 g/mol. The van der Waals surface area contributed by atoms with Crippen LogP contribution in [0.5, 0.6) is 0 Å². The molecule has 0 heterocycles. The van der Waals surface area contributed by atoms with Crippen LogP contribution in [-0.2, 0) is 37.5 Å². The molecule has 0 bridgehead atoms. The van der Waals surface area contributed by atoms with Crippen molar-refractivity contribution in [1.29, 1.82) is 0 Å². The highest BCUT2D eigenvalue weighted by Gasteiger charge is 2.39. The van der Waals surface area contributed by atoms with E-state index in [0.717, 1.165) is 38.5 Å². The van der Waals surface area contributed by atoms with Gasteiger partial charge in [0.2, 0.25) is 0 Å². The van der Waals surface area contributed by atoms with Gasteiger partial charge < -0.3 is 34.8 Å². The van der Waals surface area contributed by atoms with Gasteiger partial charge in [0.15, 0.2) is 6.10 Å². The molecule has 1 saturated carbocycles. The first-order valence-electron chi connectivity index (χ1n) is 22.3. The largest absolute Gasteiger partial charge is 0.472 e. The summed E-state index contributed by atoms with van der Waals surface area (Å²) in [5.74, 6) is -2.00. The van der Waals surface area contributed by atoms with E-state index in [1.807, 2.05) is 24.3 Å². The summed E-state index contributed by atoms with van der Waals surface area (Å²) in [6.07, 6.45) is 32.7. The van der Waals surface area contributed by atoms with Gasteiger partial charge in [-0.25, -0.2) is 4.57 Å². The van der Waals surface area contributed by atoms with Gasteiger partial charge in [0, 0.05) is 31.1 Å². The van der Waals surface area contributed by atoms with Gasteiger partial charge in [0.25, 0.3) is 0 Å². The van der Waals surface area contributed by atoms with Crippen molar-refractivity contribution in [3.8, 4) is 0 Å². The lowest BCUT2D eigenvalue weighted by molar-refractivity contribution is -0.161. The van der Waals surface area contributed by atoms with Crippen LogP contribution < -0.4 is 0 Å². The van der Waals surface area contributed by atoms with E-state index in [0.29, 0.717) is 38.5 Å². The van der Waals surface area contributed by atoms with Crippen LogP contribution in [0.15, 0.2) is 60.8 Å². The highest BCUT2D eigenvalue weighted by Crippen LogP contribution is 2.43. The standard InChI is InChI=1S/C46H77O13P/c1-3-5-7-8-9-10-11-12-13-14-15-16-17-18-19-20-25-29-45(52)56-36-40(37-58-60(54,55)57-35-39(49)34-47)59-46(53)30-26-22-21-24-28-41-42(44(51)33-43(41)50)32-31-38(48)27-23-6-4-2/h12-13,15-16,18-19,21,24,31-32,38-42,44,47-49,51H,3-11,14,17,20,22-23,25-30,33-37H2,1-2H3,(H,54,55)/b13-12-,16-15-,19-18-,24-21-,32-31+/t38-,39-,40+,41+,42+,44+/m0/s1. The number of carbonyl (C=O) groups is 3. The summed E-state index contributed by atoms with van der Waals surface area (Å²) in [5.41, 5.74) is 0. The highest BCUT2D eigenvalue weighted by molar-refractivity contribution is 7.47. The highest BCUT2D eigenvalue weighted by atomic mass is 31.2. The number of ether oxygens (including phenoxy) is 2. The number of hydrogen-bond donors (Lipinski definition) is 5. The quantitative estimate of drug-likeness (QED) is 0.0172. The Balaban J connectivity index is 2.51. The molecule has 344 valence electrons. The molecule has 1 unspecified atom stereocenters. The zero-order chi connectivity index (χ0) is 44.3. The summed E-state index contributed by atoms with van der Waals surface area (Å²) >= 11 is 0. The Morgan fingerprint density at radius 1 is 0.750 bits per heavy atom. The third-order valence-corrected chi connectivity index (χ3v) is 11.0. The maximum atomic E-state index is 12.7. The van der Waals surface area contributed by atoms with E-state index in [4.69, 9.17) is 19.1 Å². The molecule has 60 heavy (non-hydrogen) atoms. The van der Waals surface area contributed by atoms with Crippen molar-refractivity contribution >= 4 is 25.5 Å². The van der Waals surface area contributed by atoms with Crippen LogP contribution >= 0.6 is 7.82 Å². The van der Waals surface area contributed by atoms with Crippen LogP contribution in [0.25, 0.3) is 0 Å². The van der Waals surface area contributed by atoms with E-state index in [1.54, 1.807) is 12.2 Å². The fourth-order valence-electron chi connectivity index (χ4n) is 6.46. The van der Waals surface area contributed by atoms with Crippen LogP contribution in [0.1, 0.15) is 149 Å². The van der Waals surface area contributed by atoms with Crippen molar-refractivity contribution in [2.75, 3.05) is 26.4 Å². The normalized spacial score (nSPS) is 19.9. The van der Waals surface area contributed by atoms with Crippen molar-refractivity contribution < 1.29 is 62.8 Å². The molecule has 5 N–H and O–H groups in total. The zero-order valence-electron chi connectivity index (χ0n) is 36.4. The number of unbranched alkanes of at least 4 members (excludes halogenated alkanes) is 10. The first kappa shape index (κ1) is 55.3. The van der Waals surface area contributed by atoms with E-state index >= 15 is 0 Å². The van der Waals surface area contributed by atoms with Crippen LogP contribution in [0.2, 0.25) is 0 Å². The minimum Gasteiger partial charge on any atom is -0.462 e. The molecule has 14 heteroatoms. The number of phosphoric ester groups is 1. The van der Waals surface area contributed by atoms with E-state index in [2.05, 4.69) is 42.7 Å². The average Bonchev–Trinajstić information content (AvgIpc) is 3.49. The predicted octanol–water partition coefficient (Wildman–Crippen LogP) is 8.48. The predicted molar refractivity (Wildman–Crippen MR) is 234 cm³/mol. The van der Waals surface area contributed by atoms with Crippen molar-refractivity contribution in [2.45, 2.75) is 173 Å². The molecule has 13 nitrogen and oxygen atoms in total. The minimum absolute atomic E-state index is 0.0232.